The van der Waals surface area contributed by atoms with Gasteiger partial charge in [-0.1, -0.05) is 36.4 Å². The molecule has 1 aliphatic heterocycles. The Balaban J connectivity index is 2.07. The highest BCUT2D eigenvalue weighted by Gasteiger charge is 2.39. The van der Waals surface area contributed by atoms with Crippen molar-refractivity contribution in [3.05, 3.63) is 70.3 Å². The molecule has 0 bridgehead atoms. The van der Waals surface area contributed by atoms with Crippen molar-refractivity contribution in [2.75, 3.05) is 10.7 Å². The maximum atomic E-state index is 12.3. The molecule has 1 saturated heterocycles. The third-order valence-corrected chi connectivity index (χ3v) is 4.93. The summed E-state index contributed by atoms with van der Waals surface area (Å²) in [4.78, 5) is 24.0. The minimum Gasteiger partial charge on any atom is -0.292 e. The molecule has 2 aromatic rings. The summed E-state index contributed by atoms with van der Waals surface area (Å²) < 4.78 is 12.3. The van der Waals surface area contributed by atoms with Crippen molar-refractivity contribution < 1.29 is 13.9 Å². The number of hydrogen-bond donors (Lipinski definition) is 0. The molecule has 2 aromatic carbocycles. The first-order valence-electron chi connectivity index (χ1n) is 6.56. The molecule has 7 heteroatoms. The highest BCUT2D eigenvalue weighted by Crippen LogP contribution is 2.36. The van der Waals surface area contributed by atoms with Gasteiger partial charge < -0.3 is 0 Å². The lowest BCUT2D eigenvalue weighted by molar-refractivity contribution is -0.384. The van der Waals surface area contributed by atoms with Crippen molar-refractivity contribution in [2.45, 2.75) is 5.37 Å². The molecule has 0 aromatic heterocycles. The Bertz CT molecular complexity index is 763. The fraction of sp³-hybridized carbons (Fsp3) is 0.133. The van der Waals surface area contributed by atoms with E-state index in [0.29, 0.717) is 5.69 Å². The summed E-state index contributed by atoms with van der Waals surface area (Å²) in [6.45, 7) is 0. The second-order valence-corrected chi connectivity index (χ2v) is 6.33. The maximum absolute atomic E-state index is 12.3. The van der Waals surface area contributed by atoms with Gasteiger partial charge in [0.05, 0.1) is 21.4 Å². The molecule has 0 spiro atoms. The maximum Gasteiger partial charge on any atom is 0.271 e. The topological polar surface area (TPSA) is 80.5 Å². The SMILES string of the molecule is O=C1CS(=O)C(c2ccccc2)N1c1cccc([N+](=O)[O-])c1. The van der Waals surface area contributed by atoms with Crippen LogP contribution < -0.4 is 4.90 Å². The Morgan fingerprint density at radius 2 is 1.86 bits per heavy atom. The average molecular weight is 316 g/mol. The average Bonchev–Trinajstić information content (AvgIpc) is 2.82. The number of nitrogens with zero attached hydrogens (tertiary/aromatic N) is 2. The zero-order chi connectivity index (χ0) is 15.7. The van der Waals surface area contributed by atoms with Gasteiger partial charge in [0.25, 0.3) is 5.69 Å². The molecular formula is C15H12N2O4S. The number of hydrogen-bond acceptors (Lipinski definition) is 4. The lowest BCUT2D eigenvalue weighted by atomic mass is 10.2. The van der Waals surface area contributed by atoms with Crippen molar-refractivity contribution in [3.8, 4) is 0 Å². The van der Waals surface area contributed by atoms with E-state index in [2.05, 4.69) is 0 Å². The molecule has 1 aliphatic rings. The molecule has 6 nitrogen and oxygen atoms in total. The molecule has 0 aliphatic carbocycles. The molecule has 0 saturated carbocycles. The summed E-state index contributed by atoms with van der Waals surface area (Å²) in [5.41, 5.74) is 1.03. The van der Waals surface area contributed by atoms with E-state index in [-0.39, 0.29) is 17.3 Å². The van der Waals surface area contributed by atoms with Crippen LogP contribution in [0.2, 0.25) is 0 Å². The van der Waals surface area contributed by atoms with E-state index in [1.165, 1.54) is 23.1 Å². The summed E-state index contributed by atoms with van der Waals surface area (Å²) in [7, 11) is -1.38. The second kappa shape index (κ2) is 5.69. The van der Waals surface area contributed by atoms with Crippen LogP contribution in [0, 0.1) is 10.1 Å². The molecule has 1 amide bonds. The quantitative estimate of drug-likeness (QED) is 0.643. The minimum atomic E-state index is -1.38. The van der Waals surface area contributed by atoms with Crippen molar-refractivity contribution in [2.24, 2.45) is 0 Å². The van der Waals surface area contributed by atoms with Gasteiger partial charge in [0.1, 0.15) is 11.1 Å². The third kappa shape index (κ3) is 2.50. The molecule has 3 rings (SSSR count). The van der Waals surface area contributed by atoms with Gasteiger partial charge in [0.15, 0.2) is 0 Å². The fourth-order valence-electron chi connectivity index (χ4n) is 2.47. The molecule has 0 radical (unpaired) electrons. The zero-order valence-corrected chi connectivity index (χ0v) is 12.2. The first kappa shape index (κ1) is 14.4. The molecule has 2 atom stereocenters. The number of rotatable bonds is 3. The number of non-ortho nitro benzene ring substituents is 1. The van der Waals surface area contributed by atoms with Crippen LogP contribution in [0.1, 0.15) is 10.9 Å². The molecule has 112 valence electrons. The van der Waals surface area contributed by atoms with Crippen LogP contribution >= 0.6 is 0 Å². The largest absolute Gasteiger partial charge is 0.292 e. The number of carbonyl (C=O) groups is 1. The third-order valence-electron chi connectivity index (χ3n) is 3.42. The Kier molecular flexibility index (Phi) is 3.72. The van der Waals surface area contributed by atoms with Gasteiger partial charge in [-0.05, 0) is 11.6 Å². The smallest absolute Gasteiger partial charge is 0.271 e. The van der Waals surface area contributed by atoms with E-state index in [1.54, 1.807) is 30.3 Å². The van der Waals surface area contributed by atoms with Gasteiger partial charge in [-0.25, -0.2) is 0 Å². The van der Waals surface area contributed by atoms with Crippen LogP contribution in [0.25, 0.3) is 0 Å². The summed E-state index contributed by atoms with van der Waals surface area (Å²) in [6, 6.07) is 14.9. The Morgan fingerprint density at radius 3 is 2.55 bits per heavy atom. The molecule has 2 unspecified atom stereocenters. The van der Waals surface area contributed by atoms with E-state index in [9.17, 15) is 19.1 Å². The van der Waals surface area contributed by atoms with E-state index >= 15 is 0 Å². The number of anilines is 1. The standard InChI is InChI=1S/C15H12N2O4S/c18-14-10-22(21)15(11-5-2-1-3-6-11)16(14)12-7-4-8-13(9-12)17(19)20/h1-9,15H,10H2. The monoisotopic (exact) mass is 316 g/mol. The molecular weight excluding hydrogens is 304 g/mol. The summed E-state index contributed by atoms with van der Waals surface area (Å²) in [5, 5.41) is 10.3. The fourth-order valence-corrected chi connectivity index (χ4v) is 3.95. The van der Waals surface area contributed by atoms with Crippen LogP contribution in [-0.4, -0.2) is 20.8 Å². The van der Waals surface area contributed by atoms with E-state index in [1.807, 2.05) is 6.07 Å². The van der Waals surface area contributed by atoms with Crippen molar-refractivity contribution in [1.82, 2.24) is 0 Å². The van der Waals surface area contributed by atoms with Gasteiger partial charge >= 0.3 is 0 Å². The number of nitro groups is 1. The Hall–Kier alpha value is -2.54. The Labute approximate surface area is 129 Å². The van der Waals surface area contributed by atoms with E-state index < -0.39 is 21.1 Å². The number of amides is 1. The lowest BCUT2D eigenvalue weighted by Gasteiger charge is -2.23. The summed E-state index contributed by atoms with van der Waals surface area (Å²) in [5.74, 6) is -0.380. The van der Waals surface area contributed by atoms with Crippen LogP contribution in [-0.2, 0) is 15.6 Å². The molecule has 1 heterocycles. The molecule has 22 heavy (non-hydrogen) atoms. The van der Waals surface area contributed by atoms with Crippen molar-refractivity contribution in [1.29, 1.82) is 0 Å². The van der Waals surface area contributed by atoms with Gasteiger partial charge in [0, 0.05) is 12.1 Å². The normalized spacial score (nSPS) is 21.1. The van der Waals surface area contributed by atoms with Crippen LogP contribution in [0.15, 0.2) is 54.6 Å². The number of nitro benzene ring substituents is 1. The van der Waals surface area contributed by atoms with E-state index in [0.717, 1.165) is 5.56 Å². The van der Waals surface area contributed by atoms with Gasteiger partial charge in [0.2, 0.25) is 5.91 Å². The van der Waals surface area contributed by atoms with Crippen molar-refractivity contribution >= 4 is 28.1 Å². The second-order valence-electron chi connectivity index (χ2n) is 4.83. The van der Waals surface area contributed by atoms with Crippen molar-refractivity contribution in [3.63, 3.8) is 0 Å². The van der Waals surface area contributed by atoms with Gasteiger partial charge in [-0.2, -0.15) is 0 Å². The predicted octanol–water partition coefficient (Wildman–Crippen LogP) is 2.39. The van der Waals surface area contributed by atoms with Crippen LogP contribution in [0.4, 0.5) is 11.4 Å². The first-order chi connectivity index (χ1) is 10.6. The molecule has 0 N–H and O–H groups in total. The lowest BCUT2D eigenvalue weighted by Crippen LogP contribution is -2.28. The van der Waals surface area contributed by atoms with Crippen LogP contribution in [0.5, 0.6) is 0 Å². The highest BCUT2D eigenvalue weighted by atomic mass is 32.2. The number of benzene rings is 2. The minimum absolute atomic E-state index is 0.0811. The molecule has 1 fully saturated rings. The van der Waals surface area contributed by atoms with Gasteiger partial charge in [-0.3, -0.25) is 24.0 Å². The van der Waals surface area contributed by atoms with E-state index in [4.69, 9.17) is 0 Å². The number of carbonyl (C=O) groups excluding carboxylic acids is 1. The first-order valence-corrected chi connectivity index (χ1v) is 7.95. The summed E-state index contributed by atoms with van der Waals surface area (Å²) >= 11 is 0. The summed E-state index contributed by atoms with van der Waals surface area (Å²) in [6.07, 6.45) is 0. The Morgan fingerprint density at radius 1 is 1.14 bits per heavy atom. The predicted molar refractivity (Wildman–Crippen MR) is 82.8 cm³/mol. The zero-order valence-electron chi connectivity index (χ0n) is 11.4. The van der Waals surface area contributed by atoms with Crippen LogP contribution in [0.3, 0.4) is 0 Å². The van der Waals surface area contributed by atoms with Gasteiger partial charge in [-0.15, -0.1) is 0 Å². The highest BCUT2D eigenvalue weighted by molar-refractivity contribution is 7.86.